The van der Waals surface area contributed by atoms with Crippen LogP contribution in [0.3, 0.4) is 0 Å². The quantitative estimate of drug-likeness (QED) is 0.155. The molecule has 6 heteroatoms. The van der Waals surface area contributed by atoms with Crippen molar-refractivity contribution < 1.29 is 0 Å². The maximum atomic E-state index is 5.34. The van der Waals surface area contributed by atoms with Gasteiger partial charge in [0.1, 0.15) is 0 Å². The fourth-order valence-electron chi connectivity index (χ4n) is 11.7. The van der Waals surface area contributed by atoms with E-state index in [1.807, 2.05) is 60.7 Å². The molecule has 0 radical (unpaired) electrons. The molecule has 16 rings (SSSR count). The molecule has 3 heterocycles. The summed E-state index contributed by atoms with van der Waals surface area (Å²) in [6, 6.07) is 97.8. The molecular weight excluding hydrogens is 1050 g/mol. The molecule has 0 bridgehead atoms. The highest BCUT2D eigenvalue weighted by Gasteiger charge is 2.20. The smallest absolute Gasteiger partial charge is 0.164 e. The highest BCUT2D eigenvalue weighted by molar-refractivity contribution is 9.10. The van der Waals surface area contributed by atoms with Gasteiger partial charge in [0, 0.05) is 64.6 Å². The molecule has 0 fully saturated rings. The lowest BCUT2D eigenvalue weighted by atomic mass is 9.89. The van der Waals surface area contributed by atoms with Crippen molar-refractivity contribution in [3.8, 4) is 67.8 Å². The fraction of sp³-hybridized carbons (Fsp3) is 0. The fourth-order valence-corrected chi connectivity index (χ4v) is 12.3. The van der Waals surface area contributed by atoms with E-state index in [-0.39, 0.29) is 0 Å². The SMILES string of the molecule is Brc1cc2c(-c3ccc4ccccc4c3)nc3ccccc3c2c2ccccc12.c1ccc(-c2nc(-c3ccccc3)nc(-c3cccc(-c4cc5c(-c6ccc7ccccc7c6)nc6ccccc6c5c5ccccc45)c3)n2)cc1. The molecule has 5 nitrogen and oxygen atoms in total. The van der Waals surface area contributed by atoms with Crippen molar-refractivity contribution in [3.63, 3.8) is 0 Å². The topological polar surface area (TPSA) is 64.5 Å². The van der Waals surface area contributed by atoms with Gasteiger partial charge in [-0.2, -0.15) is 0 Å². The number of hydrogen-bond donors (Lipinski definition) is 0. The van der Waals surface area contributed by atoms with Crippen LogP contribution in [0.25, 0.3) is 154 Å². The summed E-state index contributed by atoms with van der Waals surface area (Å²) in [5.74, 6) is 1.91. The molecule has 16 aromatic rings. The highest BCUT2D eigenvalue weighted by Crippen LogP contribution is 2.44. The molecule has 0 saturated carbocycles. The number of rotatable bonds is 6. The van der Waals surface area contributed by atoms with Crippen LogP contribution in [-0.4, -0.2) is 24.9 Å². The summed E-state index contributed by atoms with van der Waals surface area (Å²) in [5.41, 5.74) is 11.3. The number of para-hydroxylation sites is 2. The van der Waals surface area contributed by atoms with Gasteiger partial charge in [-0.15, -0.1) is 0 Å². The standard InChI is InChI=1S/C48H30N4.C27H16BrN/c1-3-15-32(16-4-1)46-50-47(33-17-5-2-6-18-33)52-48(51-46)37-21-13-20-35(29-37)41-30-42-44(39-23-10-9-22-38(39)41)40-24-11-12-25-43(40)49-45(42)36-27-26-31-14-7-8-19-34(31)28-36;28-24-16-23-26(21-10-4-3-9-20(21)24)22-11-5-6-12-25(22)29-27(23)19-14-13-17-7-1-2-8-18(17)15-19/h1-30H;1-16H. The first-order chi connectivity index (χ1) is 40.1. The maximum Gasteiger partial charge on any atom is 0.164 e. The third-order valence-corrected chi connectivity index (χ3v) is 16.2. The Hall–Kier alpha value is -10.3. The van der Waals surface area contributed by atoms with Gasteiger partial charge in [-0.25, -0.2) is 24.9 Å². The molecule has 81 heavy (non-hydrogen) atoms. The van der Waals surface area contributed by atoms with Gasteiger partial charge in [0.15, 0.2) is 17.5 Å². The molecule has 0 N–H and O–H groups in total. The molecule has 3 aromatic heterocycles. The van der Waals surface area contributed by atoms with E-state index in [1.54, 1.807) is 0 Å². The normalized spacial score (nSPS) is 11.5. The van der Waals surface area contributed by atoms with Crippen molar-refractivity contribution >= 4 is 102 Å². The predicted octanol–water partition coefficient (Wildman–Crippen LogP) is 20.3. The van der Waals surface area contributed by atoms with Crippen molar-refractivity contribution in [3.05, 3.63) is 284 Å². The van der Waals surface area contributed by atoms with E-state index in [9.17, 15) is 0 Å². The average Bonchev–Trinajstić information content (AvgIpc) is 3.58. The van der Waals surface area contributed by atoms with E-state index in [1.165, 1.54) is 64.6 Å². The Morgan fingerprint density at radius 1 is 0.222 bits per heavy atom. The Kier molecular flexibility index (Phi) is 11.9. The number of pyridine rings is 2. The van der Waals surface area contributed by atoms with Crippen LogP contribution in [0.15, 0.2) is 284 Å². The van der Waals surface area contributed by atoms with Crippen molar-refractivity contribution in [2.45, 2.75) is 0 Å². The van der Waals surface area contributed by atoms with Crippen LogP contribution in [0.5, 0.6) is 0 Å². The van der Waals surface area contributed by atoms with Gasteiger partial charge < -0.3 is 0 Å². The van der Waals surface area contributed by atoms with Crippen LogP contribution < -0.4 is 0 Å². The van der Waals surface area contributed by atoms with Gasteiger partial charge in [-0.05, 0) is 96.7 Å². The first kappa shape index (κ1) is 47.9. The van der Waals surface area contributed by atoms with Crippen molar-refractivity contribution in [2.24, 2.45) is 0 Å². The highest BCUT2D eigenvalue weighted by atomic mass is 79.9. The van der Waals surface area contributed by atoms with E-state index in [0.29, 0.717) is 17.5 Å². The van der Waals surface area contributed by atoms with Crippen LogP contribution in [0.1, 0.15) is 0 Å². The number of benzene rings is 13. The summed E-state index contributed by atoms with van der Waals surface area (Å²) in [7, 11) is 0. The number of halogens is 1. The summed E-state index contributed by atoms with van der Waals surface area (Å²) < 4.78 is 1.10. The molecule has 0 saturated heterocycles. The average molecular weight is 1100 g/mol. The monoisotopic (exact) mass is 1100 g/mol. The van der Waals surface area contributed by atoms with Gasteiger partial charge in [0.05, 0.1) is 22.4 Å². The Morgan fingerprint density at radius 2 is 0.617 bits per heavy atom. The third kappa shape index (κ3) is 8.70. The Labute approximate surface area is 475 Å². The minimum atomic E-state index is 0.629. The third-order valence-electron chi connectivity index (χ3n) is 15.5. The van der Waals surface area contributed by atoms with Gasteiger partial charge in [0.25, 0.3) is 0 Å². The largest absolute Gasteiger partial charge is 0.247 e. The summed E-state index contributed by atoms with van der Waals surface area (Å²) >= 11 is 3.80. The zero-order valence-electron chi connectivity index (χ0n) is 43.7. The Balaban J connectivity index is 0.000000164. The molecule has 0 unspecified atom stereocenters. The van der Waals surface area contributed by atoms with E-state index < -0.39 is 0 Å². The lowest BCUT2D eigenvalue weighted by molar-refractivity contribution is 1.07. The summed E-state index contributed by atoms with van der Waals surface area (Å²) in [5, 5.41) is 16.8. The minimum absolute atomic E-state index is 0.629. The molecular formula is C75H46BrN5. The minimum Gasteiger partial charge on any atom is -0.247 e. The van der Waals surface area contributed by atoms with Crippen LogP contribution in [-0.2, 0) is 0 Å². The van der Waals surface area contributed by atoms with E-state index in [4.69, 9.17) is 24.9 Å². The molecule has 0 aliphatic carbocycles. The Bertz CT molecular complexity index is 5080. The number of hydrogen-bond acceptors (Lipinski definition) is 5. The van der Waals surface area contributed by atoms with Crippen LogP contribution in [0, 0.1) is 0 Å². The lowest BCUT2D eigenvalue weighted by Gasteiger charge is -2.17. The van der Waals surface area contributed by atoms with E-state index in [0.717, 1.165) is 76.6 Å². The summed E-state index contributed by atoms with van der Waals surface area (Å²) in [6.45, 7) is 0. The molecule has 0 aliphatic heterocycles. The van der Waals surface area contributed by atoms with Crippen molar-refractivity contribution in [2.75, 3.05) is 0 Å². The van der Waals surface area contributed by atoms with Crippen molar-refractivity contribution in [1.29, 1.82) is 0 Å². The predicted molar refractivity (Wildman–Crippen MR) is 342 cm³/mol. The lowest BCUT2D eigenvalue weighted by Crippen LogP contribution is -2.00. The first-order valence-corrected chi connectivity index (χ1v) is 28.0. The van der Waals surface area contributed by atoms with Gasteiger partial charge >= 0.3 is 0 Å². The molecule has 0 spiro atoms. The molecule has 0 aliphatic rings. The molecule has 378 valence electrons. The molecule has 0 amide bonds. The maximum absolute atomic E-state index is 5.34. The molecule has 13 aromatic carbocycles. The van der Waals surface area contributed by atoms with E-state index >= 15 is 0 Å². The zero-order valence-corrected chi connectivity index (χ0v) is 45.3. The number of aromatic nitrogens is 5. The van der Waals surface area contributed by atoms with Gasteiger partial charge in [-0.1, -0.05) is 253 Å². The Morgan fingerprint density at radius 3 is 1.16 bits per heavy atom. The van der Waals surface area contributed by atoms with E-state index in [2.05, 4.69) is 234 Å². The number of fused-ring (bicyclic) bond motifs is 12. The number of nitrogens with zero attached hydrogens (tertiary/aromatic N) is 5. The summed E-state index contributed by atoms with van der Waals surface area (Å²) in [4.78, 5) is 25.4. The van der Waals surface area contributed by atoms with Crippen LogP contribution >= 0.6 is 15.9 Å². The zero-order chi connectivity index (χ0) is 53.8. The van der Waals surface area contributed by atoms with Gasteiger partial charge in [-0.3, -0.25) is 0 Å². The molecule has 0 atom stereocenters. The first-order valence-electron chi connectivity index (χ1n) is 27.2. The summed E-state index contributed by atoms with van der Waals surface area (Å²) in [6.07, 6.45) is 0. The second-order valence-electron chi connectivity index (χ2n) is 20.4. The van der Waals surface area contributed by atoms with Crippen LogP contribution in [0.2, 0.25) is 0 Å². The van der Waals surface area contributed by atoms with Crippen molar-refractivity contribution in [1.82, 2.24) is 24.9 Å². The van der Waals surface area contributed by atoms with Crippen LogP contribution in [0.4, 0.5) is 0 Å². The van der Waals surface area contributed by atoms with Gasteiger partial charge in [0.2, 0.25) is 0 Å². The second-order valence-corrected chi connectivity index (χ2v) is 21.3. The second kappa shape index (κ2) is 20.2.